The third-order valence-corrected chi connectivity index (χ3v) is 4.37. The standard InChI is InChI=1S/C20H23N5O/c1-14-7-15(2)9-19(8-14)25-23-13-18(24-25)12-22-17-4-3-16-11-21-5-6-26-20(16)10-17/h3-4,7-10,13,21-22H,5-6,11-12H2,1-2H3. The van der Waals surface area contributed by atoms with E-state index < -0.39 is 0 Å². The minimum Gasteiger partial charge on any atom is -0.492 e. The average Bonchev–Trinajstić information content (AvgIpc) is 2.97. The molecule has 0 atom stereocenters. The van der Waals surface area contributed by atoms with Crippen LogP contribution in [0.15, 0.2) is 42.6 Å². The highest BCUT2D eigenvalue weighted by atomic mass is 16.5. The third kappa shape index (κ3) is 3.70. The second-order valence-electron chi connectivity index (χ2n) is 6.67. The summed E-state index contributed by atoms with van der Waals surface area (Å²) in [5, 5.41) is 15.7. The third-order valence-electron chi connectivity index (χ3n) is 4.37. The van der Waals surface area contributed by atoms with Crippen LogP contribution in [0, 0.1) is 13.8 Å². The van der Waals surface area contributed by atoms with Crippen molar-refractivity contribution in [3.63, 3.8) is 0 Å². The highest BCUT2D eigenvalue weighted by molar-refractivity contribution is 5.52. The topological polar surface area (TPSA) is 64.0 Å². The maximum Gasteiger partial charge on any atom is 0.125 e. The van der Waals surface area contributed by atoms with Crippen LogP contribution in [0.25, 0.3) is 5.69 Å². The summed E-state index contributed by atoms with van der Waals surface area (Å²) in [6, 6.07) is 12.5. The van der Waals surface area contributed by atoms with Gasteiger partial charge in [0.15, 0.2) is 0 Å². The van der Waals surface area contributed by atoms with Crippen molar-refractivity contribution in [3.8, 4) is 11.4 Å². The molecule has 2 N–H and O–H groups in total. The summed E-state index contributed by atoms with van der Waals surface area (Å²) in [5.41, 5.74) is 6.50. The summed E-state index contributed by atoms with van der Waals surface area (Å²) < 4.78 is 5.79. The Morgan fingerprint density at radius 1 is 1.15 bits per heavy atom. The van der Waals surface area contributed by atoms with E-state index in [4.69, 9.17) is 4.74 Å². The number of hydrogen-bond acceptors (Lipinski definition) is 5. The largest absolute Gasteiger partial charge is 0.492 e. The molecule has 0 saturated heterocycles. The number of nitrogens with zero attached hydrogens (tertiary/aromatic N) is 3. The zero-order valence-electron chi connectivity index (χ0n) is 15.1. The highest BCUT2D eigenvalue weighted by Crippen LogP contribution is 2.25. The van der Waals surface area contributed by atoms with Crippen molar-refractivity contribution in [2.75, 3.05) is 18.5 Å². The van der Waals surface area contributed by atoms with Crippen molar-refractivity contribution in [2.24, 2.45) is 0 Å². The summed E-state index contributed by atoms with van der Waals surface area (Å²) in [6.45, 7) is 7.19. The minimum absolute atomic E-state index is 0.613. The Hall–Kier alpha value is -2.86. The lowest BCUT2D eigenvalue weighted by Gasteiger charge is -2.10. The van der Waals surface area contributed by atoms with Crippen LogP contribution in [0.2, 0.25) is 0 Å². The molecule has 4 rings (SSSR count). The van der Waals surface area contributed by atoms with E-state index in [0.29, 0.717) is 13.2 Å². The Morgan fingerprint density at radius 3 is 2.85 bits per heavy atom. The molecule has 134 valence electrons. The van der Waals surface area contributed by atoms with Crippen LogP contribution < -0.4 is 15.4 Å². The van der Waals surface area contributed by atoms with Gasteiger partial charge >= 0.3 is 0 Å². The van der Waals surface area contributed by atoms with E-state index in [0.717, 1.165) is 35.9 Å². The van der Waals surface area contributed by atoms with Gasteiger partial charge in [-0.2, -0.15) is 15.0 Å². The van der Waals surface area contributed by atoms with Crippen LogP contribution in [0.5, 0.6) is 5.75 Å². The number of aryl methyl sites for hydroxylation is 2. The number of benzene rings is 2. The smallest absolute Gasteiger partial charge is 0.125 e. The number of aromatic nitrogens is 3. The van der Waals surface area contributed by atoms with Gasteiger partial charge in [0.05, 0.1) is 18.4 Å². The lowest BCUT2D eigenvalue weighted by atomic mass is 10.1. The van der Waals surface area contributed by atoms with Crippen molar-refractivity contribution in [3.05, 3.63) is 65.0 Å². The molecule has 0 spiro atoms. The number of ether oxygens (including phenoxy) is 1. The van der Waals surface area contributed by atoms with Crippen LogP contribution in [-0.2, 0) is 13.1 Å². The molecule has 3 aromatic rings. The fourth-order valence-electron chi connectivity index (χ4n) is 3.16. The molecule has 1 aliphatic rings. The summed E-state index contributed by atoms with van der Waals surface area (Å²) >= 11 is 0. The van der Waals surface area contributed by atoms with E-state index in [9.17, 15) is 0 Å². The monoisotopic (exact) mass is 349 g/mol. The van der Waals surface area contributed by atoms with Gasteiger partial charge in [-0.1, -0.05) is 12.1 Å². The number of anilines is 1. The van der Waals surface area contributed by atoms with Gasteiger partial charge in [-0.15, -0.1) is 0 Å². The quantitative estimate of drug-likeness (QED) is 0.758. The molecule has 6 heteroatoms. The first-order valence-corrected chi connectivity index (χ1v) is 8.87. The normalized spacial score (nSPS) is 13.6. The van der Waals surface area contributed by atoms with E-state index in [1.165, 1.54) is 16.7 Å². The molecule has 0 saturated carbocycles. The zero-order chi connectivity index (χ0) is 17.9. The average molecular weight is 349 g/mol. The predicted molar refractivity (Wildman–Crippen MR) is 102 cm³/mol. The van der Waals surface area contributed by atoms with Crippen molar-refractivity contribution in [1.29, 1.82) is 0 Å². The van der Waals surface area contributed by atoms with E-state index in [2.05, 4.69) is 71.1 Å². The lowest BCUT2D eigenvalue weighted by molar-refractivity contribution is 0.326. The molecule has 0 amide bonds. The molecule has 1 aliphatic heterocycles. The summed E-state index contributed by atoms with van der Waals surface area (Å²) in [4.78, 5) is 1.68. The van der Waals surface area contributed by atoms with Crippen LogP contribution >= 0.6 is 0 Å². The number of rotatable bonds is 4. The van der Waals surface area contributed by atoms with Crippen LogP contribution in [0.1, 0.15) is 22.4 Å². The molecule has 0 bridgehead atoms. The molecular formula is C20H23N5O. The fraction of sp³-hybridized carbons (Fsp3) is 0.300. The van der Waals surface area contributed by atoms with E-state index >= 15 is 0 Å². The Balaban J connectivity index is 1.46. The second kappa shape index (κ2) is 7.17. The molecule has 2 heterocycles. The molecule has 26 heavy (non-hydrogen) atoms. The van der Waals surface area contributed by atoms with Gasteiger partial charge in [-0.3, -0.25) is 0 Å². The Bertz CT molecular complexity index is 898. The first kappa shape index (κ1) is 16.6. The Morgan fingerprint density at radius 2 is 2.00 bits per heavy atom. The molecule has 0 unspecified atom stereocenters. The van der Waals surface area contributed by atoms with Gasteiger partial charge in [0.2, 0.25) is 0 Å². The predicted octanol–water partition coefficient (Wildman–Crippen LogP) is 2.98. The summed E-state index contributed by atoms with van der Waals surface area (Å²) in [6.07, 6.45) is 1.80. The first-order chi connectivity index (χ1) is 12.7. The van der Waals surface area contributed by atoms with Crippen molar-refractivity contribution in [2.45, 2.75) is 26.9 Å². The van der Waals surface area contributed by atoms with E-state index in [1.807, 2.05) is 0 Å². The number of nitrogens with one attached hydrogen (secondary N) is 2. The van der Waals surface area contributed by atoms with E-state index in [-0.39, 0.29) is 0 Å². The Labute approximate surface area is 153 Å². The maximum absolute atomic E-state index is 5.79. The lowest BCUT2D eigenvalue weighted by Crippen LogP contribution is -2.16. The summed E-state index contributed by atoms with van der Waals surface area (Å²) in [5.74, 6) is 0.943. The minimum atomic E-state index is 0.613. The van der Waals surface area contributed by atoms with Crippen molar-refractivity contribution < 1.29 is 4.74 Å². The highest BCUT2D eigenvalue weighted by Gasteiger charge is 2.09. The molecule has 1 aromatic heterocycles. The Kier molecular flexibility index (Phi) is 4.58. The van der Waals surface area contributed by atoms with Gasteiger partial charge < -0.3 is 15.4 Å². The molecule has 2 aromatic carbocycles. The van der Waals surface area contributed by atoms with Crippen LogP contribution in [0.3, 0.4) is 0 Å². The maximum atomic E-state index is 5.79. The first-order valence-electron chi connectivity index (χ1n) is 8.87. The van der Waals surface area contributed by atoms with Gasteiger partial charge in [0.25, 0.3) is 0 Å². The molecule has 0 aliphatic carbocycles. The molecule has 0 radical (unpaired) electrons. The molecule has 6 nitrogen and oxygen atoms in total. The van der Waals surface area contributed by atoms with Crippen molar-refractivity contribution in [1.82, 2.24) is 20.3 Å². The number of hydrogen-bond donors (Lipinski definition) is 2. The van der Waals surface area contributed by atoms with Gasteiger partial charge in [-0.05, 0) is 43.2 Å². The van der Waals surface area contributed by atoms with Crippen LogP contribution in [-0.4, -0.2) is 28.1 Å². The summed E-state index contributed by atoms with van der Waals surface area (Å²) in [7, 11) is 0. The molecule has 0 fully saturated rings. The van der Waals surface area contributed by atoms with Gasteiger partial charge in [0, 0.05) is 30.4 Å². The second-order valence-corrected chi connectivity index (χ2v) is 6.67. The van der Waals surface area contributed by atoms with Gasteiger partial charge in [-0.25, -0.2) is 0 Å². The fourth-order valence-corrected chi connectivity index (χ4v) is 3.16. The van der Waals surface area contributed by atoms with Gasteiger partial charge in [0.1, 0.15) is 18.1 Å². The van der Waals surface area contributed by atoms with Crippen molar-refractivity contribution >= 4 is 5.69 Å². The van der Waals surface area contributed by atoms with E-state index in [1.54, 1.807) is 11.0 Å². The SMILES string of the molecule is Cc1cc(C)cc(-n2ncc(CNc3ccc4c(c3)OCCNC4)n2)c1. The van der Waals surface area contributed by atoms with Crippen LogP contribution in [0.4, 0.5) is 5.69 Å². The molecular weight excluding hydrogens is 326 g/mol. The zero-order valence-corrected chi connectivity index (χ0v) is 15.1. The number of fused-ring (bicyclic) bond motifs is 1.